The van der Waals surface area contributed by atoms with E-state index >= 15 is 0 Å². The van der Waals surface area contributed by atoms with E-state index in [-0.39, 0.29) is 22.2 Å². The monoisotopic (exact) mass is 456 g/mol. The van der Waals surface area contributed by atoms with E-state index in [1.807, 2.05) is 6.92 Å². The molecular formula is C30H48O3. The third kappa shape index (κ3) is 2.87. The van der Waals surface area contributed by atoms with Crippen LogP contribution in [-0.4, -0.2) is 22.3 Å². The quantitative estimate of drug-likeness (QED) is 0.409. The van der Waals surface area contributed by atoms with E-state index in [1.165, 1.54) is 32.1 Å². The van der Waals surface area contributed by atoms with Crippen LogP contribution in [0, 0.1) is 50.2 Å². The molecule has 2 N–H and O–H groups in total. The van der Waals surface area contributed by atoms with Crippen LogP contribution in [0.2, 0.25) is 0 Å². The normalized spacial score (nSPS) is 55.3. The Labute approximate surface area is 201 Å². The molecule has 4 fully saturated rings. The SMILES string of the molecule is CC1(C)CC[C@]2(C)CCC3(C)C(=CC[C@@H]4C5(C)CC[C@@H](O)C(C)(C(=O)O)[C@H]5CCC43C)[C@@H]2C1. The van der Waals surface area contributed by atoms with Crippen molar-refractivity contribution in [3.05, 3.63) is 11.6 Å². The third-order valence-electron chi connectivity index (χ3n) is 13.2. The minimum atomic E-state index is -1.03. The number of carboxylic acid groups (broad SMARTS) is 1. The van der Waals surface area contributed by atoms with Crippen LogP contribution < -0.4 is 0 Å². The van der Waals surface area contributed by atoms with Crippen LogP contribution in [0.3, 0.4) is 0 Å². The number of fused-ring (bicyclic) bond motifs is 7. The van der Waals surface area contributed by atoms with Crippen LogP contribution in [0.5, 0.6) is 0 Å². The summed E-state index contributed by atoms with van der Waals surface area (Å²) in [6, 6.07) is 0. The van der Waals surface area contributed by atoms with Gasteiger partial charge >= 0.3 is 5.97 Å². The van der Waals surface area contributed by atoms with E-state index in [0.29, 0.717) is 29.1 Å². The Bertz CT molecular complexity index is 889. The Balaban J connectivity index is 1.58. The molecule has 5 aliphatic carbocycles. The second kappa shape index (κ2) is 6.89. The number of aliphatic carboxylic acids is 1. The average Bonchev–Trinajstić information content (AvgIpc) is 2.72. The number of hydrogen-bond donors (Lipinski definition) is 2. The molecule has 5 rings (SSSR count). The van der Waals surface area contributed by atoms with Gasteiger partial charge in [0.15, 0.2) is 0 Å². The molecule has 0 spiro atoms. The zero-order chi connectivity index (χ0) is 24.2. The van der Waals surface area contributed by atoms with E-state index in [9.17, 15) is 15.0 Å². The summed E-state index contributed by atoms with van der Waals surface area (Å²) in [6.07, 6.45) is 13.2. The molecule has 0 bridgehead atoms. The van der Waals surface area contributed by atoms with E-state index < -0.39 is 17.5 Å². The Morgan fingerprint density at radius 1 is 0.879 bits per heavy atom. The van der Waals surface area contributed by atoms with E-state index in [4.69, 9.17) is 0 Å². The molecule has 33 heavy (non-hydrogen) atoms. The summed E-state index contributed by atoms with van der Waals surface area (Å²) in [6.45, 7) is 16.9. The van der Waals surface area contributed by atoms with Crippen molar-refractivity contribution >= 4 is 5.97 Å². The highest BCUT2D eigenvalue weighted by molar-refractivity contribution is 5.76. The number of carboxylic acids is 1. The molecule has 3 heteroatoms. The number of allylic oxidation sites excluding steroid dienone is 2. The summed E-state index contributed by atoms with van der Waals surface area (Å²) in [5.41, 5.74) is 1.98. The number of hydrogen-bond acceptors (Lipinski definition) is 2. The zero-order valence-electron chi connectivity index (χ0n) is 22.3. The van der Waals surface area contributed by atoms with Gasteiger partial charge in [0.05, 0.1) is 11.5 Å². The summed E-state index contributed by atoms with van der Waals surface area (Å²) >= 11 is 0. The average molecular weight is 457 g/mol. The van der Waals surface area contributed by atoms with Crippen molar-refractivity contribution in [1.82, 2.24) is 0 Å². The van der Waals surface area contributed by atoms with Gasteiger partial charge in [-0.05, 0) is 116 Å². The number of rotatable bonds is 1. The topological polar surface area (TPSA) is 57.5 Å². The molecule has 0 aromatic rings. The molecular weight excluding hydrogens is 408 g/mol. The molecule has 4 saturated carbocycles. The first-order chi connectivity index (χ1) is 15.1. The Hall–Kier alpha value is -0.830. The molecule has 0 radical (unpaired) electrons. The van der Waals surface area contributed by atoms with Crippen molar-refractivity contribution in [2.24, 2.45) is 50.2 Å². The highest BCUT2D eigenvalue weighted by atomic mass is 16.4. The van der Waals surface area contributed by atoms with Crippen molar-refractivity contribution in [1.29, 1.82) is 0 Å². The predicted molar refractivity (Wildman–Crippen MR) is 133 cm³/mol. The zero-order valence-corrected chi connectivity index (χ0v) is 22.3. The van der Waals surface area contributed by atoms with Gasteiger partial charge in [0.25, 0.3) is 0 Å². The van der Waals surface area contributed by atoms with Gasteiger partial charge in [-0.2, -0.15) is 0 Å². The lowest BCUT2D eigenvalue weighted by Crippen LogP contribution is -2.66. The minimum absolute atomic E-state index is 0.0308. The molecule has 0 amide bonds. The van der Waals surface area contributed by atoms with Crippen LogP contribution in [0.25, 0.3) is 0 Å². The first-order valence-corrected chi connectivity index (χ1v) is 13.8. The van der Waals surface area contributed by atoms with Gasteiger partial charge in [-0.1, -0.05) is 53.2 Å². The Morgan fingerprint density at radius 3 is 2.21 bits per heavy atom. The summed E-state index contributed by atoms with van der Waals surface area (Å²) in [4.78, 5) is 12.5. The predicted octanol–water partition coefficient (Wildman–Crippen LogP) is 7.23. The van der Waals surface area contributed by atoms with Gasteiger partial charge in [-0.15, -0.1) is 0 Å². The van der Waals surface area contributed by atoms with E-state index in [2.05, 4.69) is 47.6 Å². The Morgan fingerprint density at radius 2 is 1.55 bits per heavy atom. The summed E-state index contributed by atoms with van der Waals surface area (Å²) < 4.78 is 0. The molecule has 186 valence electrons. The molecule has 3 nitrogen and oxygen atoms in total. The molecule has 0 saturated heterocycles. The molecule has 9 atom stereocenters. The third-order valence-corrected chi connectivity index (χ3v) is 13.2. The van der Waals surface area contributed by atoms with Crippen LogP contribution in [0.4, 0.5) is 0 Å². The fourth-order valence-electron chi connectivity index (χ4n) is 10.5. The fraction of sp³-hybridized carbons (Fsp3) is 0.900. The van der Waals surface area contributed by atoms with Crippen molar-refractivity contribution in [2.75, 3.05) is 0 Å². The fourth-order valence-corrected chi connectivity index (χ4v) is 10.5. The lowest BCUT2D eigenvalue weighted by molar-refractivity contribution is -0.216. The maximum absolute atomic E-state index is 12.5. The standard InChI is InChI=1S/C30H48O3/c1-25(2)14-15-26(3)16-17-28(5)19(20(26)18-25)8-9-21-27(4)12-11-23(31)30(7,24(32)33)22(27)10-13-29(21,28)6/h8,20-23,31H,9-18H2,1-7H3,(H,32,33)/t20-,21+,22-,23+,26+,27?,28?,29?,30?/m0/s1. The first-order valence-electron chi connectivity index (χ1n) is 13.8. The van der Waals surface area contributed by atoms with Crippen LogP contribution in [-0.2, 0) is 4.79 Å². The molecule has 0 aromatic carbocycles. The number of carbonyl (C=O) groups is 1. The lowest BCUT2D eigenvalue weighted by Gasteiger charge is -2.71. The maximum atomic E-state index is 12.5. The smallest absolute Gasteiger partial charge is 0.312 e. The van der Waals surface area contributed by atoms with Gasteiger partial charge in [0.2, 0.25) is 0 Å². The summed E-state index contributed by atoms with van der Waals surface area (Å²) in [7, 11) is 0. The first kappa shape index (κ1) is 23.9. The van der Waals surface area contributed by atoms with E-state index in [0.717, 1.165) is 25.7 Å². The van der Waals surface area contributed by atoms with Crippen LogP contribution >= 0.6 is 0 Å². The minimum Gasteiger partial charge on any atom is -0.481 e. The maximum Gasteiger partial charge on any atom is 0.312 e. The lowest BCUT2D eigenvalue weighted by atomic mass is 9.33. The van der Waals surface area contributed by atoms with E-state index in [1.54, 1.807) is 5.57 Å². The molecule has 5 aliphatic rings. The largest absolute Gasteiger partial charge is 0.481 e. The summed E-state index contributed by atoms with van der Waals surface area (Å²) in [5, 5.41) is 21.1. The van der Waals surface area contributed by atoms with Gasteiger partial charge in [-0.25, -0.2) is 0 Å². The highest BCUT2D eigenvalue weighted by Crippen LogP contribution is 2.75. The van der Waals surface area contributed by atoms with Gasteiger partial charge in [-0.3, -0.25) is 4.79 Å². The number of aliphatic hydroxyl groups is 1. The molecule has 0 aliphatic heterocycles. The molecule has 0 heterocycles. The number of aliphatic hydroxyl groups excluding tert-OH is 1. The second-order valence-corrected chi connectivity index (χ2v) is 15.0. The van der Waals surface area contributed by atoms with Crippen molar-refractivity contribution in [2.45, 2.75) is 119 Å². The van der Waals surface area contributed by atoms with Gasteiger partial charge < -0.3 is 10.2 Å². The molecule has 0 aromatic heterocycles. The van der Waals surface area contributed by atoms with Crippen LogP contribution in [0.15, 0.2) is 11.6 Å². The van der Waals surface area contributed by atoms with Crippen molar-refractivity contribution in [3.63, 3.8) is 0 Å². The van der Waals surface area contributed by atoms with Gasteiger partial charge in [0, 0.05) is 0 Å². The second-order valence-electron chi connectivity index (χ2n) is 15.0. The van der Waals surface area contributed by atoms with Crippen molar-refractivity contribution in [3.8, 4) is 0 Å². The summed E-state index contributed by atoms with van der Waals surface area (Å²) in [5.74, 6) is 0.432. The highest BCUT2D eigenvalue weighted by Gasteiger charge is 2.69. The molecule has 4 unspecified atom stereocenters. The van der Waals surface area contributed by atoms with Crippen molar-refractivity contribution < 1.29 is 15.0 Å². The van der Waals surface area contributed by atoms with Gasteiger partial charge in [0.1, 0.15) is 0 Å². The van der Waals surface area contributed by atoms with Crippen LogP contribution in [0.1, 0.15) is 113 Å². The Kier molecular flexibility index (Phi) is 4.99.